The summed E-state index contributed by atoms with van der Waals surface area (Å²) in [5.74, 6) is 0. The minimum absolute atomic E-state index is 0.824. The average molecular weight is 754 g/mol. The van der Waals surface area contributed by atoms with Crippen LogP contribution in [0, 0.1) is 0 Å². The van der Waals surface area contributed by atoms with Crippen molar-refractivity contribution in [2.45, 2.75) is 13.3 Å². The Morgan fingerprint density at radius 2 is 0.797 bits per heavy atom. The van der Waals surface area contributed by atoms with Gasteiger partial charge in [-0.25, -0.2) is 0 Å². The van der Waals surface area contributed by atoms with E-state index in [2.05, 4.69) is 242 Å². The molecule has 1 nitrogen and oxygen atoms in total. The Morgan fingerprint density at radius 1 is 0.390 bits per heavy atom. The van der Waals surface area contributed by atoms with Gasteiger partial charge >= 0.3 is 0 Å². The van der Waals surface area contributed by atoms with E-state index in [1.54, 1.807) is 0 Å². The van der Waals surface area contributed by atoms with Crippen LogP contribution in [0.25, 0.3) is 76.5 Å². The summed E-state index contributed by atoms with van der Waals surface area (Å²) in [6, 6.07) is 77.2. The molecule has 0 amide bonds. The second-order valence-corrected chi connectivity index (χ2v) is 15.2. The van der Waals surface area contributed by atoms with Gasteiger partial charge in [0.1, 0.15) is 0 Å². The number of allylic oxidation sites excluding steroid dienone is 3. The number of fused-ring (bicyclic) bond motifs is 6. The van der Waals surface area contributed by atoms with Crippen LogP contribution >= 0.6 is 0 Å². The highest BCUT2D eigenvalue weighted by atomic mass is 15.1. The molecular formula is C58H43N. The fraction of sp³-hybridized carbons (Fsp3) is 0.0345. The molecule has 280 valence electrons. The second kappa shape index (κ2) is 15.8. The topological polar surface area (TPSA) is 3.24 Å². The van der Waals surface area contributed by atoms with Crippen molar-refractivity contribution in [3.8, 4) is 33.4 Å². The fourth-order valence-electron chi connectivity index (χ4n) is 8.69. The lowest BCUT2D eigenvalue weighted by Gasteiger charge is -2.27. The van der Waals surface area contributed by atoms with Gasteiger partial charge < -0.3 is 4.90 Å². The number of nitrogens with zero attached hydrogens (tertiary/aromatic N) is 1. The maximum Gasteiger partial charge on any atom is 0.0461 e. The predicted octanol–water partition coefficient (Wildman–Crippen LogP) is 16.1. The number of hydrogen-bond donors (Lipinski definition) is 0. The third-order valence-corrected chi connectivity index (χ3v) is 11.7. The zero-order valence-electron chi connectivity index (χ0n) is 33.1. The quantitative estimate of drug-likeness (QED) is 0.105. The highest BCUT2D eigenvalue weighted by Crippen LogP contribution is 2.39. The molecule has 10 aromatic rings. The van der Waals surface area contributed by atoms with E-state index in [4.69, 9.17) is 0 Å². The highest BCUT2D eigenvalue weighted by Gasteiger charge is 2.15. The van der Waals surface area contributed by atoms with Gasteiger partial charge in [0.25, 0.3) is 0 Å². The molecule has 0 N–H and O–H groups in total. The Bertz CT molecular complexity index is 3150. The van der Waals surface area contributed by atoms with Gasteiger partial charge in [-0.1, -0.05) is 188 Å². The van der Waals surface area contributed by atoms with Crippen molar-refractivity contribution in [3.05, 3.63) is 242 Å². The van der Waals surface area contributed by atoms with Gasteiger partial charge in [0.15, 0.2) is 0 Å². The van der Waals surface area contributed by atoms with Gasteiger partial charge in [0, 0.05) is 17.1 Å². The summed E-state index contributed by atoms with van der Waals surface area (Å²) < 4.78 is 0. The smallest absolute Gasteiger partial charge is 0.0461 e. The predicted molar refractivity (Wildman–Crippen MR) is 254 cm³/mol. The minimum Gasteiger partial charge on any atom is -0.311 e. The van der Waals surface area contributed by atoms with Crippen LogP contribution < -0.4 is 4.90 Å². The van der Waals surface area contributed by atoms with Crippen molar-refractivity contribution in [1.82, 2.24) is 0 Å². The Kier molecular flexibility index (Phi) is 9.62. The van der Waals surface area contributed by atoms with E-state index in [0.717, 1.165) is 23.5 Å². The van der Waals surface area contributed by atoms with Gasteiger partial charge in [-0.3, -0.25) is 0 Å². The van der Waals surface area contributed by atoms with E-state index in [1.807, 2.05) is 0 Å². The third kappa shape index (κ3) is 6.98. The van der Waals surface area contributed by atoms with Gasteiger partial charge in [-0.05, 0) is 138 Å². The lowest BCUT2D eigenvalue weighted by molar-refractivity contribution is 1.18. The third-order valence-electron chi connectivity index (χ3n) is 11.7. The molecule has 0 aliphatic rings. The summed E-state index contributed by atoms with van der Waals surface area (Å²) in [5, 5.41) is 10.2. The van der Waals surface area contributed by atoms with Crippen LogP contribution in [0.2, 0.25) is 0 Å². The van der Waals surface area contributed by atoms with Gasteiger partial charge in [0.2, 0.25) is 0 Å². The van der Waals surface area contributed by atoms with Crippen molar-refractivity contribution in [3.63, 3.8) is 0 Å². The highest BCUT2D eigenvalue weighted by molar-refractivity contribution is 6.14. The van der Waals surface area contributed by atoms with E-state index in [1.165, 1.54) is 82.0 Å². The lowest BCUT2D eigenvalue weighted by atomic mass is 9.93. The van der Waals surface area contributed by atoms with Crippen LogP contribution in [-0.2, 0) is 6.42 Å². The van der Waals surface area contributed by atoms with Crippen molar-refractivity contribution < 1.29 is 0 Å². The minimum atomic E-state index is 0.824. The number of anilines is 2. The molecule has 0 aliphatic heterocycles. The molecule has 0 aliphatic carbocycles. The molecule has 10 rings (SSSR count). The van der Waals surface area contributed by atoms with Gasteiger partial charge in [-0.15, -0.1) is 0 Å². The number of rotatable bonds is 9. The molecule has 1 heteroatoms. The lowest BCUT2D eigenvalue weighted by Crippen LogP contribution is -2.15. The fourth-order valence-corrected chi connectivity index (χ4v) is 8.69. The normalized spacial score (nSPS) is 11.9. The largest absolute Gasteiger partial charge is 0.311 e. The molecule has 0 aromatic heterocycles. The maximum absolute atomic E-state index is 2.36. The van der Waals surface area contributed by atoms with Crippen molar-refractivity contribution >= 4 is 54.5 Å². The monoisotopic (exact) mass is 753 g/mol. The second-order valence-electron chi connectivity index (χ2n) is 15.2. The number of hydrogen-bond acceptors (Lipinski definition) is 1. The van der Waals surface area contributed by atoms with Crippen molar-refractivity contribution in [1.29, 1.82) is 0 Å². The Morgan fingerprint density at radius 3 is 1.31 bits per heavy atom. The molecule has 0 fully saturated rings. The summed E-state index contributed by atoms with van der Waals surface area (Å²) in [6.07, 6.45) is 7.59. The standard InChI is InChI=1S/C58H43N/c1-2-48(20-14-15-41-27-29-44(30-28-41)57-39-46-18-6-8-21-51(46)53-23-10-12-25-55(53)57)59(49-35-31-43(32-36-49)42-16-4-3-5-17-42)50-37-33-45(34-38-50)58-40-47-19-7-9-22-52(47)54-24-11-13-26-56(54)58/h2-14,16-40H,15H2,1H3/b20-14-,48-2+. The molecule has 0 unspecified atom stereocenters. The summed E-state index contributed by atoms with van der Waals surface area (Å²) in [7, 11) is 0. The molecule has 0 bridgehead atoms. The Hall–Kier alpha value is -7.48. The molecule has 0 spiro atoms. The summed E-state index contributed by atoms with van der Waals surface area (Å²) in [5.41, 5.74) is 12.0. The first-order valence-corrected chi connectivity index (χ1v) is 20.5. The van der Waals surface area contributed by atoms with Gasteiger partial charge in [0.05, 0.1) is 0 Å². The molecule has 59 heavy (non-hydrogen) atoms. The molecular weight excluding hydrogens is 711 g/mol. The van der Waals surface area contributed by atoms with Crippen LogP contribution in [-0.4, -0.2) is 0 Å². The first-order valence-electron chi connectivity index (χ1n) is 20.5. The van der Waals surface area contributed by atoms with Crippen LogP contribution in [0.15, 0.2) is 236 Å². The van der Waals surface area contributed by atoms with Crippen LogP contribution in [0.3, 0.4) is 0 Å². The summed E-state index contributed by atoms with van der Waals surface area (Å²) >= 11 is 0. The Labute approximate surface area is 346 Å². The molecule has 10 aromatic carbocycles. The van der Waals surface area contributed by atoms with Crippen LogP contribution in [0.4, 0.5) is 11.4 Å². The molecule has 0 saturated carbocycles. The maximum atomic E-state index is 2.36. The van der Waals surface area contributed by atoms with Crippen LogP contribution in [0.1, 0.15) is 12.5 Å². The molecule has 0 saturated heterocycles. The summed E-state index contributed by atoms with van der Waals surface area (Å²) in [4.78, 5) is 2.36. The van der Waals surface area contributed by atoms with E-state index in [9.17, 15) is 0 Å². The first kappa shape index (κ1) is 35.9. The van der Waals surface area contributed by atoms with Crippen molar-refractivity contribution in [2.75, 3.05) is 4.90 Å². The first-order chi connectivity index (χ1) is 29.2. The van der Waals surface area contributed by atoms with Crippen LogP contribution in [0.5, 0.6) is 0 Å². The van der Waals surface area contributed by atoms with E-state index in [-0.39, 0.29) is 0 Å². The molecule has 0 radical (unpaired) electrons. The Balaban J connectivity index is 0.965. The molecule has 0 atom stereocenters. The SMILES string of the molecule is C/C=C(\C=C/Cc1ccc(-c2cc3ccccc3c3ccccc23)cc1)N(c1ccc(-c2ccccc2)cc1)c1ccc(-c2cc3ccccc3c3ccccc23)cc1. The van der Waals surface area contributed by atoms with E-state index >= 15 is 0 Å². The van der Waals surface area contributed by atoms with Gasteiger partial charge in [-0.2, -0.15) is 0 Å². The van der Waals surface area contributed by atoms with Crippen molar-refractivity contribution in [2.24, 2.45) is 0 Å². The molecule has 0 heterocycles. The number of benzene rings is 10. The zero-order valence-corrected chi connectivity index (χ0v) is 33.1. The zero-order chi connectivity index (χ0) is 39.5. The average Bonchev–Trinajstić information content (AvgIpc) is 3.31. The summed E-state index contributed by atoms with van der Waals surface area (Å²) in [6.45, 7) is 2.13. The van der Waals surface area contributed by atoms with E-state index in [0.29, 0.717) is 0 Å². The van der Waals surface area contributed by atoms with E-state index < -0.39 is 0 Å².